The highest BCUT2D eigenvalue weighted by atomic mass is 16.5. The average molecular weight is 339 g/mol. The van der Waals surface area contributed by atoms with Crippen molar-refractivity contribution in [2.75, 3.05) is 32.8 Å². The maximum atomic E-state index is 11.9. The molecule has 25 heavy (non-hydrogen) atoms. The summed E-state index contributed by atoms with van der Waals surface area (Å²) in [6.07, 6.45) is 0. The first-order valence-corrected chi connectivity index (χ1v) is 9.25. The van der Waals surface area contributed by atoms with Crippen molar-refractivity contribution < 1.29 is 9.84 Å². The number of benzene rings is 2. The highest BCUT2D eigenvalue weighted by Crippen LogP contribution is 2.43. The molecule has 1 aliphatic rings. The Bertz CT molecular complexity index is 638. The Morgan fingerprint density at radius 2 is 1.52 bits per heavy atom. The third-order valence-corrected chi connectivity index (χ3v) is 5.39. The molecular weight excluding hydrogens is 310 g/mol. The standard InChI is InChI=1S/C22H29NO2/c1-18(2)22(24,20-11-7-4-8-12-20)21(19-9-5-3-6-10-19)17-23-13-15-25-16-14-23/h3-12,18,21,24H,13-17H2,1-2H3/t21-,22+/m0/s1. The molecule has 1 aliphatic heterocycles. The Kier molecular flexibility index (Phi) is 5.89. The number of ether oxygens (including phenoxy) is 1. The third kappa shape index (κ3) is 3.95. The van der Waals surface area contributed by atoms with Crippen molar-refractivity contribution in [1.82, 2.24) is 4.90 Å². The van der Waals surface area contributed by atoms with Crippen molar-refractivity contribution >= 4 is 0 Å². The van der Waals surface area contributed by atoms with E-state index in [0.29, 0.717) is 0 Å². The maximum absolute atomic E-state index is 11.9. The van der Waals surface area contributed by atoms with Crippen LogP contribution in [-0.2, 0) is 10.3 Å². The number of hydrogen-bond donors (Lipinski definition) is 1. The van der Waals surface area contributed by atoms with Gasteiger partial charge in [-0.3, -0.25) is 4.90 Å². The van der Waals surface area contributed by atoms with Gasteiger partial charge in [0.1, 0.15) is 0 Å². The van der Waals surface area contributed by atoms with Crippen LogP contribution in [0, 0.1) is 5.92 Å². The minimum absolute atomic E-state index is 0.00852. The first kappa shape index (κ1) is 18.1. The zero-order chi connectivity index (χ0) is 17.7. The van der Waals surface area contributed by atoms with E-state index < -0.39 is 5.60 Å². The van der Waals surface area contributed by atoms with Crippen LogP contribution in [0.4, 0.5) is 0 Å². The van der Waals surface area contributed by atoms with Crippen molar-refractivity contribution in [3.05, 3.63) is 71.8 Å². The third-order valence-electron chi connectivity index (χ3n) is 5.39. The fourth-order valence-electron chi connectivity index (χ4n) is 3.87. The molecule has 0 radical (unpaired) electrons. The second-order valence-corrected chi connectivity index (χ2v) is 7.22. The van der Waals surface area contributed by atoms with Gasteiger partial charge in [-0.15, -0.1) is 0 Å². The van der Waals surface area contributed by atoms with E-state index in [-0.39, 0.29) is 11.8 Å². The minimum atomic E-state index is -0.916. The van der Waals surface area contributed by atoms with Crippen LogP contribution < -0.4 is 0 Å². The van der Waals surface area contributed by atoms with Crippen molar-refractivity contribution in [3.8, 4) is 0 Å². The summed E-state index contributed by atoms with van der Waals surface area (Å²) in [5, 5.41) is 11.9. The lowest BCUT2D eigenvalue weighted by molar-refractivity contribution is -0.0547. The lowest BCUT2D eigenvalue weighted by atomic mass is 9.70. The Morgan fingerprint density at radius 1 is 0.960 bits per heavy atom. The van der Waals surface area contributed by atoms with Crippen LogP contribution in [0.15, 0.2) is 60.7 Å². The fraction of sp³-hybridized carbons (Fsp3) is 0.455. The van der Waals surface area contributed by atoms with Gasteiger partial charge in [0.15, 0.2) is 0 Å². The second-order valence-electron chi connectivity index (χ2n) is 7.22. The summed E-state index contributed by atoms with van der Waals surface area (Å²) in [7, 11) is 0. The molecular formula is C22H29NO2. The summed E-state index contributed by atoms with van der Waals surface area (Å²) in [6, 6.07) is 20.6. The summed E-state index contributed by atoms with van der Waals surface area (Å²) in [5.41, 5.74) is 1.27. The number of aliphatic hydroxyl groups is 1. The normalized spacial score (nSPS) is 19.5. The van der Waals surface area contributed by atoms with E-state index >= 15 is 0 Å². The van der Waals surface area contributed by atoms with Crippen LogP contribution >= 0.6 is 0 Å². The zero-order valence-electron chi connectivity index (χ0n) is 15.3. The molecule has 1 heterocycles. The molecule has 0 bridgehead atoms. The van der Waals surface area contributed by atoms with Crippen molar-refractivity contribution in [2.24, 2.45) is 5.92 Å². The first-order valence-electron chi connectivity index (χ1n) is 9.25. The molecule has 0 aromatic heterocycles. The Morgan fingerprint density at radius 3 is 2.08 bits per heavy atom. The maximum Gasteiger partial charge on any atom is 0.0999 e. The molecule has 0 unspecified atom stereocenters. The second kappa shape index (κ2) is 8.13. The van der Waals surface area contributed by atoms with E-state index in [4.69, 9.17) is 4.74 Å². The van der Waals surface area contributed by atoms with E-state index in [0.717, 1.165) is 38.4 Å². The van der Waals surface area contributed by atoms with Crippen LogP contribution in [-0.4, -0.2) is 42.9 Å². The zero-order valence-corrected chi connectivity index (χ0v) is 15.3. The highest BCUT2D eigenvalue weighted by Gasteiger charge is 2.42. The van der Waals surface area contributed by atoms with Gasteiger partial charge in [0.25, 0.3) is 0 Å². The Labute approximate surface area is 151 Å². The lowest BCUT2D eigenvalue weighted by Crippen LogP contribution is -2.47. The molecule has 0 saturated carbocycles. The lowest BCUT2D eigenvalue weighted by Gasteiger charge is -2.43. The molecule has 3 nitrogen and oxygen atoms in total. The average Bonchev–Trinajstić information content (AvgIpc) is 2.67. The molecule has 134 valence electrons. The number of morpholine rings is 1. The van der Waals surface area contributed by atoms with E-state index in [1.54, 1.807) is 0 Å². The SMILES string of the molecule is CC(C)[C@@](O)(c1ccccc1)[C@@H](CN1CCOCC1)c1ccccc1. The van der Waals surface area contributed by atoms with Crippen LogP contribution in [0.2, 0.25) is 0 Å². The van der Waals surface area contributed by atoms with E-state index in [1.165, 1.54) is 5.56 Å². The van der Waals surface area contributed by atoms with E-state index in [1.807, 2.05) is 24.3 Å². The summed E-state index contributed by atoms with van der Waals surface area (Å²) >= 11 is 0. The molecule has 1 fully saturated rings. The predicted octanol–water partition coefficient (Wildman–Crippen LogP) is 3.65. The van der Waals surface area contributed by atoms with Crippen LogP contribution in [0.3, 0.4) is 0 Å². The van der Waals surface area contributed by atoms with E-state index in [9.17, 15) is 5.11 Å². The summed E-state index contributed by atoms with van der Waals surface area (Å²) in [6.45, 7) is 8.44. The number of rotatable bonds is 6. The quantitative estimate of drug-likeness (QED) is 0.872. The van der Waals surface area contributed by atoms with Crippen LogP contribution in [0.25, 0.3) is 0 Å². The van der Waals surface area contributed by atoms with Gasteiger partial charge in [0, 0.05) is 25.6 Å². The van der Waals surface area contributed by atoms with Crippen molar-refractivity contribution in [3.63, 3.8) is 0 Å². The molecule has 3 rings (SSSR count). The van der Waals surface area contributed by atoms with Gasteiger partial charge in [0.2, 0.25) is 0 Å². The van der Waals surface area contributed by atoms with Gasteiger partial charge in [-0.25, -0.2) is 0 Å². The van der Waals surface area contributed by atoms with Gasteiger partial charge in [0.05, 0.1) is 18.8 Å². The number of nitrogens with zero attached hydrogens (tertiary/aromatic N) is 1. The largest absolute Gasteiger partial charge is 0.384 e. The van der Waals surface area contributed by atoms with Crippen molar-refractivity contribution in [2.45, 2.75) is 25.4 Å². The Balaban J connectivity index is 2.01. The summed E-state index contributed by atoms with van der Waals surface area (Å²) in [5.74, 6) is 0.107. The summed E-state index contributed by atoms with van der Waals surface area (Å²) < 4.78 is 5.50. The highest BCUT2D eigenvalue weighted by molar-refractivity contribution is 5.32. The molecule has 2 atom stereocenters. The monoisotopic (exact) mass is 339 g/mol. The van der Waals surface area contributed by atoms with Crippen LogP contribution in [0.1, 0.15) is 30.9 Å². The molecule has 0 aliphatic carbocycles. The molecule has 1 N–H and O–H groups in total. The van der Waals surface area contributed by atoms with Crippen LogP contribution in [0.5, 0.6) is 0 Å². The molecule has 2 aromatic carbocycles. The first-order chi connectivity index (χ1) is 12.1. The Hall–Kier alpha value is -1.68. The minimum Gasteiger partial charge on any atom is -0.384 e. The van der Waals surface area contributed by atoms with Gasteiger partial charge in [-0.1, -0.05) is 74.5 Å². The fourth-order valence-corrected chi connectivity index (χ4v) is 3.87. The molecule has 0 spiro atoms. The smallest absolute Gasteiger partial charge is 0.0999 e. The van der Waals surface area contributed by atoms with Gasteiger partial charge in [-0.2, -0.15) is 0 Å². The summed E-state index contributed by atoms with van der Waals surface area (Å²) in [4.78, 5) is 2.41. The van der Waals surface area contributed by atoms with E-state index in [2.05, 4.69) is 55.1 Å². The molecule has 0 amide bonds. The van der Waals surface area contributed by atoms with Crippen molar-refractivity contribution in [1.29, 1.82) is 0 Å². The molecule has 3 heteroatoms. The van der Waals surface area contributed by atoms with Gasteiger partial charge >= 0.3 is 0 Å². The molecule has 2 aromatic rings. The number of hydrogen-bond acceptors (Lipinski definition) is 3. The topological polar surface area (TPSA) is 32.7 Å². The predicted molar refractivity (Wildman–Crippen MR) is 102 cm³/mol. The molecule has 1 saturated heterocycles. The van der Waals surface area contributed by atoms with Gasteiger partial charge in [-0.05, 0) is 17.0 Å². The van der Waals surface area contributed by atoms with Gasteiger partial charge < -0.3 is 9.84 Å².